The van der Waals surface area contributed by atoms with Gasteiger partial charge < -0.3 is 9.84 Å². The molecule has 1 aliphatic heterocycles. The molecule has 0 atom stereocenters. The number of aromatic hydroxyl groups is 1. The number of thioether (sulfide) groups is 1. The molecule has 116 valence electrons. The van der Waals surface area contributed by atoms with Gasteiger partial charge in [-0.05, 0) is 59.8 Å². The Morgan fingerprint density at radius 2 is 1.70 bits per heavy atom. The summed E-state index contributed by atoms with van der Waals surface area (Å²) in [5.74, 6) is 0.437. The van der Waals surface area contributed by atoms with E-state index >= 15 is 0 Å². The number of hydrogen-bond acceptors (Lipinski definition) is 5. The second kappa shape index (κ2) is 6.18. The van der Waals surface area contributed by atoms with Crippen LogP contribution in [-0.4, -0.2) is 23.4 Å². The number of methoxy groups -OCH3 is 1. The predicted molar refractivity (Wildman–Crippen MR) is 89.6 cm³/mol. The molecular weight excluding hydrogens is 314 g/mol. The number of amides is 2. The highest BCUT2D eigenvalue weighted by Gasteiger charge is 2.36. The Morgan fingerprint density at radius 3 is 2.30 bits per heavy atom. The topological polar surface area (TPSA) is 66.8 Å². The van der Waals surface area contributed by atoms with Crippen LogP contribution in [0.3, 0.4) is 0 Å². The summed E-state index contributed by atoms with van der Waals surface area (Å²) >= 11 is 0.890. The first-order chi connectivity index (χ1) is 11.1. The first-order valence-electron chi connectivity index (χ1n) is 6.79. The fraction of sp³-hybridized carbons (Fsp3) is 0.0588. The smallest absolute Gasteiger partial charge is 0.298 e. The van der Waals surface area contributed by atoms with Gasteiger partial charge in [0.1, 0.15) is 11.5 Å². The molecule has 2 amide bonds. The Bertz CT molecular complexity index is 781. The maximum Gasteiger partial charge on any atom is 0.298 e. The number of hydrogen-bond donors (Lipinski definition) is 1. The molecule has 1 N–H and O–H groups in total. The summed E-state index contributed by atoms with van der Waals surface area (Å²) < 4.78 is 5.07. The van der Waals surface area contributed by atoms with Crippen molar-refractivity contribution in [2.45, 2.75) is 0 Å². The number of phenolic OH excluding ortho intramolecular Hbond substituents is 1. The molecule has 2 aromatic carbocycles. The van der Waals surface area contributed by atoms with Crippen LogP contribution in [0.2, 0.25) is 0 Å². The zero-order valence-electron chi connectivity index (χ0n) is 12.2. The highest BCUT2D eigenvalue weighted by atomic mass is 32.2. The number of carbonyl (C=O) groups is 2. The summed E-state index contributed by atoms with van der Waals surface area (Å²) in [6.45, 7) is 0. The third kappa shape index (κ3) is 3.07. The largest absolute Gasteiger partial charge is 0.508 e. The summed E-state index contributed by atoms with van der Waals surface area (Å²) in [5, 5.41) is 8.94. The third-order valence-corrected chi connectivity index (χ3v) is 4.18. The van der Waals surface area contributed by atoms with E-state index in [4.69, 9.17) is 4.74 Å². The number of ether oxygens (including phenoxy) is 1. The number of anilines is 1. The van der Waals surface area contributed by atoms with Crippen molar-refractivity contribution in [1.82, 2.24) is 0 Å². The van der Waals surface area contributed by atoms with Crippen LogP contribution in [0.15, 0.2) is 53.4 Å². The van der Waals surface area contributed by atoms with Crippen molar-refractivity contribution in [2.75, 3.05) is 12.0 Å². The monoisotopic (exact) mass is 327 g/mol. The Kier molecular flexibility index (Phi) is 4.08. The minimum absolute atomic E-state index is 0.147. The second-order valence-electron chi connectivity index (χ2n) is 4.81. The van der Waals surface area contributed by atoms with Crippen molar-refractivity contribution < 1.29 is 19.4 Å². The number of rotatable bonds is 3. The summed E-state index contributed by atoms with van der Waals surface area (Å²) in [4.78, 5) is 26.1. The molecule has 0 aliphatic carbocycles. The lowest BCUT2D eigenvalue weighted by Crippen LogP contribution is -2.27. The molecule has 0 spiro atoms. The third-order valence-electron chi connectivity index (χ3n) is 3.32. The van der Waals surface area contributed by atoms with Crippen molar-refractivity contribution in [3.05, 3.63) is 59.0 Å². The molecule has 1 fully saturated rings. The van der Waals surface area contributed by atoms with Gasteiger partial charge in [0.15, 0.2) is 0 Å². The zero-order chi connectivity index (χ0) is 16.4. The average molecular weight is 327 g/mol. The van der Waals surface area contributed by atoms with Crippen LogP contribution in [0.1, 0.15) is 5.56 Å². The van der Waals surface area contributed by atoms with E-state index in [-0.39, 0.29) is 16.9 Å². The minimum atomic E-state index is -0.363. The molecule has 3 rings (SSSR count). The minimum Gasteiger partial charge on any atom is -0.508 e. The summed E-state index contributed by atoms with van der Waals surface area (Å²) in [6.07, 6.45) is 1.63. The summed E-state index contributed by atoms with van der Waals surface area (Å²) in [6, 6.07) is 13.1. The Morgan fingerprint density at radius 1 is 1.04 bits per heavy atom. The number of carbonyl (C=O) groups excluding carboxylic acids is 2. The van der Waals surface area contributed by atoms with Gasteiger partial charge >= 0.3 is 0 Å². The zero-order valence-corrected chi connectivity index (χ0v) is 13.0. The molecular formula is C17H13NO4S. The lowest BCUT2D eigenvalue weighted by atomic mass is 10.2. The van der Waals surface area contributed by atoms with Crippen LogP contribution in [0, 0.1) is 0 Å². The van der Waals surface area contributed by atoms with E-state index in [0.717, 1.165) is 22.2 Å². The first kappa shape index (κ1) is 15.2. The maximum absolute atomic E-state index is 12.5. The van der Waals surface area contributed by atoms with E-state index in [1.54, 1.807) is 49.6 Å². The van der Waals surface area contributed by atoms with Gasteiger partial charge in [-0.3, -0.25) is 9.59 Å². The molecule has 0 radical (unpaired) electrons. The van der Waals surface area contributed by atoms with Gasteiger partial charge in [0, 0.05) is 0 Å². The van der Waals surface area contributed by atoms with Crippen molar-refractivity contribution in [2.24, 2.45) is 0 Å². The van der Waals surface area contributed by atoms with E-state index in [1.807, 2.05) is 0 Å². The Balaban J connectivity index is 1.88. The molecule has 23 heavy (non-hydrogen) atoms. The van der Waals surface area contributed by atoms with E-state index in [9.17, 15) is 14.7 Å². The van der Waals surface area contributed by atoms with Crippen LogP contribution in [0.4, 0.5) is 10.5 Å². The second-order valence-corrected chi connectivity index (χ2v) is 5.80. The van der Waals surface area contributed by atoms with E-state index in [0.29, 0.717) is 16.3 Å². The van der Waals surface area contributed by atoms with E-state index in [1.165, 1.54) is 12.1 Å². The van der Waals surface area contributed by atoms with Crippen LogP contribution >= 0.6 is 11.8 Å². The molecule has 2 aromatic rings. The molecule has 1 heterocycles. The number of nitrogens with zero attached hydrogens (tertiary/aromatic N) is 1. The predicted octanol–water partition coefficient (Wildman–Crippen LogP) is 3.64. The SMILES string of the molecule is COc1ccc(N2C(=O)S/C(=C\c3ccc(O)cc3)C2=O)cc1. The van der Waals surface area contributed by atoms with Crippen molar-refractivity contribution in [1.29, 1.82) is 0 Å². The van der Waals surface area contributed by atoms with Gasteiger partial charge in [0.2, 0.25) is 0 Å². The maximum atomic E-state index is 12.5. The van der Waals surface area contributed by atoms with Crippen molar-refractivity contribution in [3.63, 3.8) is 0 Å². The van der Waals surface area contributed by atoms with Gasteiger partial charge in [-0.2, -0.15) is 0 Å². The molecule has 0 aromatic heterocycles. The molecule has 5 nitrogen and oxygen atoms in total. The van der Waals surface area contributed by atoms with Gasteiger partial charge in [0.05, 0.1) is 17.7 Å². The van der Waals surface area contributed by atoms with Gasteiger partial charge in [0.25, 0.3) is 11.1 Å². The fourth-order valence-electron chi connectivity index (χ4n) is 2.14. The van der Waals surface area contributed by atoms with Gasteiger partial charge in [-0.25, -0.2) is 4.90 Å². The van der Waals surface area contributed by atoms with Crippen LogP contribution < -0.4 is 9.64 Å². The average Bonchev–Trinajstić information content (AvgIpc) is 2.84. The van der Waals surface area contributed by atoms with Crippen molar-refractivity contribution in [3.8, 4) is 11.5 Å². The molecule has 0 bridgehead atoms. The highest BCUT2D eigenvalue weighted by molar-refractivity contribution is 8.19. The van der Waals surface area contributed by atoms with E-state index < -0.39 is 0 Å². The number of benzene rings is 2. The first-order valence-corrected chi connectivity index (χ1v) is 7.61. The molecule has 0 unspecified atom stereocenters. The molecule has 1 aliphatic rings. The van der Waals surface area contributed by atoms with E-state index in [2.05, 4.69) is 0 Å². The van der Waals surface area contributed by atoms with Crippen LogP contribution in [0.5, 0.6) is 11.5 Å². The molecule has 6 heteroatoms. The van der Waals surface area contributed by atoms with Gasteiger partial charge in [-0.1, -0.05) is 12.1 Å². The van der Waals surface area contributed by atoms with Crippen LogP contribution in [0.25, 0.3) is 6.08 Å². The lowest BCUT2D eigenvalue weighted by Gasteiger charge is -2.12. The Labute approximate surface area is 137 Å². The normalized spacial score (nSPS) is 16.2. The molecule has 0 saturated carbocycles. The highest BCUT2D eigenvalue weighted by Crippen LogP contribution is 2.36. The molecule has 1 saturated heterocycles. The standard InChI is InChI=1S/C17H13NO4S/c1-22-14-8-4-12(5-9-14)18-16(20)15(23-17(18)21)10-11-2-6-13(19)7-3-11/h2-10,19H,1H3/b15-10-. The van der Waals surface area contributed by atoms with Crippen molar-refractivity contribution >= 4 is 34.7 Å². The van der Waals surface area contributed by atoms with Gasteiger partial charge in [-0.15, -0.1) is 0 Å². The quantitative estimate of drug-likeness (QED) is 0.872. The number of imide groups is 1. The fourth-order valence-corrected chi connectivity index (χ4v) is 2.98. The summed E-state index contributed by atoms with van der Waals surface area (Å²) in [7, 11) is 1.55. The van der Waals surface area contributed by atoms with Crippen LogP contribution in [-0.2, 0) is 4.79 Å². The Hall–Kier alpha value is -2.73. The summed E-state index contributed by atoms with van der Waals surface area (Å²) in [5.41, 5.74) is 1.24. The lowest BCUT2D eigenvalue weighted by molar-refractivity contribution is -0.113. The number of phenols is 1.